The van der Waals surface area contributed by atoms with Gasteiger partial charge in [-0.2, -0.15) is 0 Å². The molecule has 0 saturated carbocycles. The molecule has 1 heterocycles. The van der Waals surface area contributed by atoms with Crippen molar-refractivity contribution in [2.75, 3.05) is 13.7 Å². The molecule has 2 N–H and O–H groups in total. The van der Waals surface area contributed by atoms with Crippen LogP contribution in [-0.2, 0) is 6.42 Å². The number of aliphatic imine (C=N–C) groups is 1. The van der Waals surface area contributed by atoms with Crippen molar-refractivity contribution in [1.29, 1.82) is 0 Å². The maximum absolute atomic E-state index is 12.8. The first-order valence-electron chi connectivity index (χ1n) is 7.30. The quantitative estimate of drug-likeness (QED) is 0.706. The lowest BCUT2D eigenvalue weighted by Crippen LogP contribution is -1.91. The largest absolute Gasteiger partial charge is 0.497 e. The SMILES string of the molecule is COc1ccc2[nH]c(O)c(C=NCCc3ccc(F)cc3)c2c1. The molecular formula is C18H17FN2O2. The number of aromatic nitrogens is 1. The van der Waals surface area contributed by atoms with Crippen LogP contribution in [0.25, 0.3) is 10.9 Å². The highest BCUT2D eigenvalue weighted by molar-refractivity contribution is 6.02. The van der Waals surface area contributed by atoms with Crippen molar-refractivity contribution in [3.63, 3.8) is 0 Å². The predicted octanol–water partition coefficient (Wildman–Crippen LogP) is 3.68. The van der Waals surface area contributed by atoms with E-state index in [4.69, 9.17) is 4.74 Å². The molecule has 3 rings (SSSR count). The zero-order valence-corrected chi connectivity index (χ0v) is 12.7. The maximum atomic E-state index is 12.8. The van der Waals surface area contributed by atoms with Crippen LogP contribution in [0.5, 0.6) is 11.6 Å². The minimum absolute atomic E-state index is 0.0822. The van der Waals surface area contributed by atoms with Gasteiger partial charge >= 0.3 is 0 Å². The van der Waals surface area contributed by atoms with Gasteiger partial charge in [-0.05, 0) is 42.3 Å². The van der Waals surface area contributed by atoms with Gasteiger partial charge in [0.2, 0.25) is 0 Å². The Balaban J connectivity index is 1.75. The zero-order valence-electron chi connectivity index (χ0n) is 12.7. The Morgan fingerprint density at radius 1 is 1.22 bits per heavy atom. The number of benzene rings is 2. The lowest BCUT2D eigenvalue weighted by molar-refractivity contribution is 0.415. The molecule has 4 nitrogen and oxygen atoms in total. The first kappa shape index (κ1) is 15.1. The fourth-order valence-corrected chi connectivity index (χ4v) is 2.44. The molecule has 0 aliphatic carbocycles. The van der Waals surface area contributed by atoms with E-state index < -0.39 is 0 Å². The summed E-state index contributed by atoms with van der Waals surface area (Å²) in [7, 11) is 1.60. The lowest BCUT2D eigenvalue weighted by atomic mass is 10.1. The van der Waals surface area contributed by atoms with Crippen LogP contribution in [0.15, 0.2) is 47.5 Å². The summed E-state index contributed by atoms with van der Waals surface area (Å²) in [4.78, 5) is 7.27. The fourth-order valence-electron chi connectivity index (χ4n) is 2.44. The van der Waals surface area contributed by atoms with Crippen molar-refractivity contribution in [3.8, 4) is 11.6 Å². The summed E-state index contributed by atoms with van der Waals surface area (Å²) >= 11 is 0. The Morgan fingerprint density at radius 2 is 2.00 bits per heavy atom. The minimum Gasteiger partial charge on any atom is -0.497 e. The molecule has 0 saturated heterocycles. The number of hydrogen-bond acceptors (Lipinski definition) is 3. The summed E-state index contributed by atoms with van der Waals surface area (Å²) < 4.78 is 18.1. The molecule has 2 aromatic carbocycles. The molecule has 1 aromatic heterocycles. The zero-order chi connectivity index (χ0) is 16.2. The van der Waals surface area contributed by atoms with Crippen molar-refractivity contribution in [2.24, 2.45) is 4.99 Å². The Morgan fingerprint density at radius 3 is 2.74 bits per heavy atom. The summed E-state index contributed by atoms with van der Waals surface area (Å²) in [5.41, 5.74) is 2.48. The highest BCUT2D eigenvalue weighted by Gasteiger charge is 2.09. The minimum atomic E-state index is -0.241. The van der Waals surface area contributed by atoms with Gasteiger partial charge < -0.3 is 14.8 Å². The summed E-state index contributed by atoms with van der Waals surface area (Å²) in [5.74, 6) is 0.561. The number of ether oxygens (including phenoxy) is 1. The summed E-state index contributed by atoms with van der Waals surface area (Å²) in [6, 6.07) is 11.9. The van der Waals surface area contributed by atoms with Gasteiger partial charge in [-0.3, -0.25) is 4.99 Å². The number of fused-ring (bicyclic) bond motifs is 1. The number of aromatic hydroxyl groups is 1. The summed E-state index contributed by atoms with van der Waals surface area (Å²) in [6.45, 7) is 0.557. The van der Waals surface area contributed by atoms with E-state index in [1.807, 2.05) is 18.2 Å². The number of hydrogen-bond donors (Lipinski definition) is 2. The van der Waals surface area contributed by atoms with E-state index in [9.17, 15) is 9.50 Å². The number of nitrogens with zero attached hydrogens (tertiary/aromatic N) is 1. The molecule has 0 atom stereocenters. The van der Waals surface area contributed by atoms with Gasteiger partial charge in [-0.25, -0.2) is 4.39 Å². The third-order valence-electron chi connectivity index (χ3n) is 3.69. The van der Waals surface area contributed by atoms with Crippen LogP contribution in [0.2, 0.25) is 0 Å². The number of nitrogens with one attached hydrogen (secondary N) is 1. The van der Waals surface area contributed by atoms with Crippen LogP contribution < -0.4 is 4.74 Å². The van der Waals surface area contributed by atoms with Gasteiger partial charge in [-0.1, -0.05) is 12.1 Å². The molecule has 0 unspecified atom stereocenters. The topological polar surface area (TPSA) is 57.6 Å². The normalized spacial score (nSPS) is 11.4. The first-order valence-corrected chi connectivity index (χ1v) is 7.30. The average Bonchev–Trinajstić information content (AvgIpc) is 2.88. The van der Waals surface area contributed by atoms with E-state index in [1.165, 1.54) is 12.1 Å². The van der Waals surface area contributed by atoms with Gasteiger partial charge in [0.05, 0.1) is 12.7 Å². The smallest absolute Gasteiger partial charge is 0.198 e. The molecule has 5 heteroatoms. The van der Waals surface area contributed by atoms with Crippen LogP contribution in [0.3, 0.4) is 0 Å². The Hall–Kier alpha value is -2.82. The first-order chi connectivity index (χ1) is 11.2. The molecule has 118 valence electrons. The van der Waals surface area contributed by atoms with Gasteiger partial charge in [0, 0.05) is 23.7 Å². The maximum Gasteiger partial charge on any atom is 0.198 e. The fraction of sp³-hybridized carbons (Fsp3) is 0.167. The van der Waals surface area contributed by atoms with Crippen LogP contribution in [0.1, 0.15) is 11.1 Å². The average molecular weight is 312 g/mol. The number of H-pyrrole nitrogens is 1. The van der Waals surface area contributed by atoms with Gasteiger partial charge in [-0.15, -0.1) is 0 Å². The van der Waals surface area contributed by atoms with E-state index in [2.05, 4.69) is 9.98 Å². The van der Waals surface area contributed by atoms with Gasteiger partial charge in [0.25, 0.3) is 0 Å². The second-order valence-electron chi connectivity index (χ2n) is 5.21. The number of methoxy groups -OCH3 is 1. The molecule has 23 heavy (non-hydrogen) atoms. The van der Waals surface area contributed by atoms with E-state index in [1.54, 1.807) is 25.5 Å². The van der Waals surface area contributed by atoms with Crippen LogP contribution in [0, 0.1) is 5.82 Å². The predicted molar refractivity (Wildman–Crippen MR) is 89.1 cm³/mol. The van der Waals surface area contributed by atoms with Crippen molar-refractivity contribution < 1.29 is 14.2 Å². The second kappa shape index (κ2) is 6.52. The van der Waals surface area contributed by atoms with E-state index in [0.29, 0.717) is 18.5 Å². The Kier molecular flexibility index (Phi) is 4.28. The van der Waals surface area contributed by atoms with E-state index >= 15 is 0 Å². The third-order valence-corrected chi connectivity index (χ3v) is 3.69. The van der Waals surface area contributed by atoms with Crippen molar-refractivity contribution in [1.82, 2.24) is 4.98 Å². The molecule has 0 fully saturated rings. The Bertz CT molecular complexity index is 838. The standard InChI is InChI=1S/C18H17FN2O2/c1-23-14-6-7-17-15(10-14)16(18(22)21-17)11-20-9-8-12-2-4-13(19)5-3-12/h2-7,10-11,21-22H,8-9H2,1H3. The van der Waals surface area contributed by atoms with Crippen LogP contribution in [0.4, 0.5) is 4.39 Å². The molecule has 0 aliphatic heterocycles. The monoisotopic (exact) mass is 312 g/mol. The summed E-state index contributed by atoms with van der Waals surface area (Å²) in [5, 5.41) is 10.9. The van der Waals surface area contributed by atoms with Crippen molar-refractivity contribution >= 4 is 17.1 Å². The molecular weight excluding hydrogens is 295 g/mol. The third kappa shape index (κ3) is 3.34. The van der Waals surface area contributed by atoms with Crippen LogP contribution >= 0.6 is 0 Å². The van der Waals surface area contributed by atoms with E-state index in [0.717, 1.165) is 22.2 Å². The van der Waals surface area contributed by atoms with Gasteiger partial charge in [0.15, 0.2) is 5.88 Å². The highest BCUT2D eigenvalue weighted by atomic mass is 19.1. The lowest BCUT2D eigenvalue weighted by Gasteiger charge is -2.00. The van der Waals surface area contributed by atoms with Crippen molar-refractivity contribution in [2.45, 2.75) is 6.42 Å². The molecule has 0 radical (unpaired) electrons. The molecule has 0 bridgehead atoms. The number of aromatic amines is 1. The van der Waals surface area contributed by atoms with Crippen LogP contribution in [-0.4, -0.2) is 30.0 Å². The van der Waals surface area contributed by atoms with E-state index in [-0.39, 0.29) is 11.7 Å². The molecule has 0 amide bonds. The number of rotatable bonds is 5. The highest BCUT2D eigenvalue weighted by Crippen LogP contribution is 2.28. The second-order valence-corrected chi connectivity index (χ2v) is 5.21. The molecule has 3 aromatic rings. The Labute approximate surface area is 133 Å². The summed E-state index contributed by atoms with van der Waals surface area (Å²) in [6.07, 6.45) is 2.36. The molecule has 0 spiro atoms. The van der Waals surface area contributed by atoms with Crippen molar-refractivity contribution in [3.05, 3.63) is 59.4 Å². The van der Waals surface area contributed by atoms with Gasteiger partial charge in [0.1, 0.15) is 11.6 Å². The number of halogens is 1. The molecule has 0 aliphatic rings.